The molecule has 1 saturated heterocycles. The van der Waals surface area contributed by atoms with Crippen LogP contribution in [-0.2, 0) is 20.9 Å². The molecule has 0 saturated carbocycles. The van der Waals surface area contributed by atoms with Gasteiger partial charge in [0.1, 0.15) is 12.8 Å². The van der Waals surface area contributed by atoms with Gasteiger partial charge in [-0.05, 0) is 49.4 Å². The third kappa shape index (κ3) is 5.82. The Morgan fingerprint density at radius 2 is 1.91 bits per heavy atom. The van der Waals surface area contributed by atoms with Gasteiger partial charge in [0.25, 0.3) is 0 Å². The molecule has 1 spiro atoms. The van der Waals surface area contributed by atoms with Crippen molar-refractivity contribution in [1.82, 2.24) is 4.57 Å². The average molecular weight is 497 g/mol. The molecule has 6 heteroatoms. The van der Waals surface area contributed by atoms with E-state index in [1.165, 1.54) is 11.6 Å². The number of ether oxygens (including phenoxy) is 3. The minimum absolute atomic E-state index is 0.124. The number of rotatable bonds is 10. The molecule has 1 aromatic heterocycles. The lowest BCUT2D eigenvalue weighted by Crippen LogP contribution is -2.54. The minimum Gasteiger partial charge on any atom is -0.376 e. The van der Waals surface area contributed by atoms with Crippen molar-refractivity contribution in [3.63, 3.8) is 0 Å². The Hall–Kier alpha value is -1.73. The highest BCUT2D eigenvalue weighted by molar-refractivity contribution is 6.76. The molecule has 0 N–H and O–H groups in total. The first-order chi connectivity index (χ1) is 16.8. The van der Waals surface area contributed by atoms with Crippen LogP contribution in [0.3, 0.4) is 0 Å². The molecule has 0 amide bonds. The van der Waals surface area contributed by atoms with Crippen molar-refractivity contribution in [1.29, 1.82) is 0 Å². The van der Waals surface area contributed by atoms with Gasteiger partial charge in [-0.1, -0.05) is 63.3 Å². The van der Waals surface area contributed by atoms with Crippen LogP contribution in [0.25, 0.3) is 0 Å². The van der Waals surface area contributed by atoms with Crippen LogP contribution >= 0.6 is 0 Å². The maximum Gasteiger partial charge on any atom is 0.192 e. The van der Waals surface area contributed by atoms with Crippen LogP contribution in [0.4, 0.5) is 0 Å². The lowest BCUT2D eigenvalue weighted by Gasteiger charge is -2.49. The van der Waals surface area contributed by atoms with E-state index >= 15 is 0 Å². The van der Waals surface area contributed by atoms with Crippen LogP contribution in [0, 0.1) is 5.92 Å². The molecule has 0 radical (unpaired) electrons. The van der Waals surface area contributed by atoms with Crippen LogP contribution in [0.5, 0.6) is 0 Å². The zero-order valence-corrected chi connectivity index (χ0v) is 23.5. The van der Waals surface area contributed by atoms with E-state index in [0.717, 1.165) is 43.7 Å². The lowest BCUT2D eigenvalue weighted by molar-refractivity contribution is -0.199. The fraction of sp³-hybridized carbons (Fsp3) is 0.621. The zero-order valence-electron chi connectivity index (χ0n) is 22.5. The van der Waals surface area contributed by atoms with Gasteiger partial charge in [0, 0.05) is 40.3 Å². The number of aliphatic imine (C=N–C) groups is 1. The first kappa shape index (κ1) is 26.3. The largest absolute Gasteiger partial charge is 0.376 e. The van der Waals surface area contributed by atoms with Crippen molar-refractivity contribution in [2.45, 2.75) is 95.8 Å². The fourth-order valence-electron chi connectivity index (χ4n) is 5.94. The van der Waals surface area contributed by atoms with E-state index in [9.17, 15) is 0 Å². The smallest absolute Gasteiger partial charge is 0.192 e. The standard InChI is InChI=1S/C29H44N2O3Si/c1-7-12-24-19-22(2)34-29(28(24)23-13-9-8-10-14-23)27(32-3)20-25(30-29)26-15-11-16-31(26)21-33-17-18-35(4,5)6/h8-11,13-16,22,24,27-28H,7,12,17-21H2,1-6H3/t22-,24-,27+,28+,29-/m0/s1. The molecule has 1 fully saturated rings. The number of nitrogens with zero attached hydrogens (tertiary/aromatic N) is 2. The van der Waals surface area contributed by atoms with Crippen molar-refractivity contribution in [2.75, 3.05) is 13.7 Å². The Balaban J connectivity index is 1.67. The molecule has 2 aliphatic heterocycles. The molecule has 5 nitrogen and oxygen atoms in total. The molecule has 2 aromatic rings. The monoisotopic (exact) mass is 496 g/mol. The fourth-order valence-corrected chi connectivity index (χ4v) is 6.69. The Labute approximate surface area is 212 Å². The SMILES string of the molecule is CCC[C@H]1C[C@H](C)O[C@]2(N=C(c3cccn3COCC[Si](C)(C)C)C[C@H]2OC)[C@@H]1c1ccccc1. The molecule has 35 heavy (non-hydrogen) atoms. The molecule has 3 heterocycles. The average Bonchev–Trinajstić information content (AvgIpc) is 3.41. The molecule has 192 valence electrons. The van der Waals surface area contributed by atoms with Crippen molar-refractivity contribution >= 4 is 13.8 Å². The zero-order chi connectivity index (χ0) is 25.1. The highest BCUT2D eigenvalue weighted by Gasteiger charge is 2.57. The van der Waals surface area contributed by atoms with Gasteiger partial charge in [-0.25, -0.2) is 4.99 Å². The van der Waals surface area contributed by atoms with Gasteiger partial charge in [0.05, 0.1) is 17.5 Å². The Kier molecular flexibility index (Phi) is 8.36. The van der Waals surface area contributed by atoms with E-state index in [-0.39, 0.29) is 18.1 Å². The van der Waals surface area contributed by atoms with Crippen LogP contribution < -0.4 is 0 Å². The third-order valence-corrected chi connectivity index (χ3v) is 9.25. The van der Waals surface area contributed by atoms with Crippen LogP contribution in [0.2, 0.25) is 25.7 Å². The van der Waals surface area contributed by atoms with Gasteiger partial charge in [0.15, 0.2) is 5.72 Å². The Morgan fingerprint density at radius 3 is 2.60 bits per heavy atom. The summed E-state index contributed by atoms with van der Waals surface area (Å²) in [7, 11) is 0.698. The summed E-state index contributed by atoms with van der Waals surface area (Å²) in [6.07, 6.45) is 6.23. The first-order valence-electron chi connectivity index (χ1n) is 13.3. The summed E-state index contributed by atoms with van der Waals surface area (Å²) in [6.45, 7) is 13.0. The van der Waals surface area contributed by atoms with Crippen LogP contribution in [-0.4, -0.2) is 50.0 Å². The quantitative estimate of drug-likeness (QED) is 0.271. The van der Waals surface area contributed by atoms with Gasteiger partial charge >= 0.3 is 0 Å². The molecule has 2 aliphatic rings. The maximum atomic E-state index is 6.84. The molecule has 0 aliphatic carbocycles. The minimum atomic E-state index is -1.11. The topological polar surface area (TPSA) is 45.0 Å². The summed E-state index contributed by atoms with van der Waals surface area (Å²) in [5.41, 5.74) is 2.75. The van der Waals surface area contributed by atoms with E-state index in [0.29, 0.717) is 12.6 Å². The van der Waals surface area contributed by atoms with E-state index in [1.807, 2.05) is 7.11 Å². The van der Waals surface area contributed by atoms with Gasteiger partial charge in [0.2, 0.25) is 0 Å². The van der Waals surface area contributed by atoms with Crippen molar-refractivity contribution in [3.8, 4) is 0 Å². The molecule has 4 rings (SSSR count). The lowest BCUT2D eigenvalue weighted by atomic mass is 9.70. The predicted octanol–water partition coefficient (Wildman–Crippen LogP) is 6.71. The van der Waals surface area contributed by atoms with Crippen molar-refractivity contribution in [3.05, 3.63) is 59.9 Å². The molecule has 0 bridgehead atoms. The summed E-state index contributed by atoms with van der Waals surface area (Å²) in [6, 6.07) is 16.2. The molecule has 1 aromatic carbocycles. The summed E-state index contributed by atoms with van der Waals surface area (Å²) in [4.78, 5) is 5.44. The number of hydrogen-bond donors (Lipinski definition) is 0. The van der Waals surface area contributed by atoms with Gasteiger partial charge in [-0.2, -0.15) is 0 Å². The molecular formula is C29H44N2O3Si. The van der Waals surface area contributed by atoms with Crippen molar-refractivity contribution < 1.29 is 14.2 Å². The highest BCUT2D eigenvalue weighted by Crippen LogP contribution is 2.53. The molecule has 0 unspecified atom stereocenters. The van der Waals surface area contributed by atoms with Gasteiger partial charge in [-0.15, -0.1) is 0 Å². The maximum absolute atomic E-state index is 6.84. The predicted molar refractivity (Wildman–Crippen MR) is 146 cm³/mol. The van der Waals surface area contributed by atoms with Crippen molar-refractivity contribution in [2.24, 2.45) is 10.9 Å². The second kappa shape index (κ2) is 11.1. The van der Waals surface area contributed by atoms with E-state index in [1.54, 1.807) is 0 Å². The first-order valence-corrected chi connectivity index (χ1v) is 17.1. The summed E-state index contributed by atoms with van der Waals surface area (Å²) < 4.78 is 21.3. The number of benzene rings is 1. The molecule has 5 atom stereocenters. The second-order valence-electron chi connectivity index (χ2n) is 11.6. The van der Waals surface area contributed by atoms with E-state index < -0.39 is 13.8 Å². The molecular weight excluding hydrogens is 452 g/mol. The van der Waals surface area contributed by atoms with E-state index in [2.05, 4.69) is 86.7 Å². The summed E-state index contributed by atoms with van der Waals surface area (Å²) in [5, 5.41) is 0. The number of hydrogen-bond acceptors (Lipinski definition) is 4. The van der Waals surface area contributed by atoms with Gasteiger partial charge in [-0.3, -0.25) is 0 Å². The summed E-state index contributed by atoms with van der Waals surface area (Å²) >= 11 is 0. The Morgan fingerprint density at radius 1 is 1.14 bits per heavy atom. The van der Waals surface area contributed by atoms with E-state index in [4.69, 9.17) is 19.2 Å². The second-order valence-corrected chi connectivity index (χ2v) is 17.2. The van der Waals surface area contributed by atoms with Gasteiger partial charge < -0.3 is 18.8 Å². The van der Waals surface area contributed by atoms with Crippen LogP contribution in [0.1, 0.15) is 56.7 Å². The number of aromatic nitrogens is 1. The van der Waals surface area contributed by atoms with Crippen LogP contribution in [0.15, 0.2) is 53.7 Å². The third-order valence-electron chi connectivity index (χ3n) is 7.55. The summed E-state index contributed by atoms with van der Waals surface area (Å²) in [5.74, 6) is 0.669. The normalized spacial score (nSPS) is 29.0. The Bertz CT molecular complexity index is 983. The highest BCUT2D eigenvalue weighted by atomic mass is 28.3. The number of methoxy groups -OCH3 is 1.